The number of halogens is 1. The molecule has 0 spiro atoms. The quantitative estimate of drug-likeness (QED) is 0.505. The molecular weight excluding hydrogens is 392 g/mol. The Bertz CT molecular complexity index is 964. The van der Waals surface area contributed by atoms with Crippen molar-refractivity contribution in [3.8, 4) is 11.5 Å². The minimum absolute atomic E-state index is 0.141. The topological polar surface area (TPSA) is 99.4 Å². The average molecular weight is 405 g/mol. The number of nitro benzene ring substituents is 1. The summed E-state index contributed by atoms with van der Waals surface area (Å²) in [4.78, 5) is 19.1. The standard InChI is InChI=1S/C16H13BrN4O4/c1-24-14-4-3-9(17)5-12(14)20-16-10-6-13(21(22)23)15(25-2)7-11(10)18-8-19-16/h3-8H,1-2H3,(H,18,19,20). The van der Waals surface area contributed by atoms with Gasteiger partial charge in [-0.05, 0) is 18.2 Å². The number of hydrogen-bond donors (Lipinski definition) is 1. The Hall–Kier alpha value is -2.94. The van der Waals surface area contributed by atoms with Crippen LogP contribution >= 0.6 is 15.9 Å². The van der Waals surface area contributed by atoms with Gasteiger partial charge in [0.25, 0.3) is 0 Å². The third-order valence-electron chi connectivity index (χ3n) is 3.55. The van der Waals surface area contributed by atoms with Crippen molar-refractivity contribution in [2.45, 2.75) is 0 Å². The molecule has 3 rings (SSSR count). The average Bonchev–Trinajstić information content (AvgIpc) is 2.61. The van der Waals surface area contributed by atoms with Gasteiger partial charge in [0.2, 0.25) is 0 Å². The number of rotatable bonds is 5. The van der Waals surface area contributed by atoms with Gasteiger partial charge in [-0.25, -0.2) is 9.97 Å². The molecule has 1 heterocycles. The summed E-state index contributed by atoms with van der Waals surface area (Å²) in [6.07, 6.45) is 1.38. The van der Waals surface area contributed by atoms with Crippen LogP contribution in [0.25, 0.3) is 10.9 Å². The maximum atomic E-state index is 11.3. The van der Waals surface area contributed by atoms with Crippen LogP contribution in [0.5, 0.6) is 11.5 Å². The van der Waals surface area contributed by atoms with Gasteiger partial charge in [-0.2, -0.15) is 0 Å². The van der Waals surface area contributed by atoms with Crippen LogP contribution in [0.3, 0.4) is 0 Å². The van der Waals surface area contributed by atoms with Crippen molar-refractivity contribution in [1.29, 1.82) is 0 Å². The molecule has 25 heavy (non-hydrogen) atoms. The Morgan fingerprint density at radius 2 is 1.88 bits per heavy atom. The summed E-state index contributed by atoms with van der Waals surface area (Å²) in [7, 11) is 2.93. The van der Waals surface area contributed by atoms with E-state index in [4.69, 9.17) is 9.47 Å². The van der Waals surface area contributed by atoms with E-state index in [1.807, 2.05) is 12.1 Å². The largest absolute Gasteiger partial charge is 0.495 e. The summed E-state index contributed by atoms with van der Waals surface area (Å²) < 4.78 is 11.3. The van der Waals surface area contributed by atoms with E-state index in [9.17, 15) is 10.1 Å². The lowest BCUT2D eigenvalue weighted by Crippen LogP contribution is -2.00. The zero-order chi connectivity index (χ0) is 18.0. The molecule has 3 aromatic rings. The van der Waals surface area contributed by atoms with Crippen molar-refractivity contribution in [3.05, 3.63) is 51.2 Å². The maximum Gasteiger partial charge on any atom is 0.311 e. The van der Waals surface area contributed by atoms with Gasteiger partial charge in [0.15, 0.2) is 5.75 Å². The number of nitrogens with one attached hydrogen (secondary N) is 1. The first-order valence-electron chi connectivity index (χ1n) is 7.11. The number of fused-ring (bicyclic) bond motifs is 1. The summed E-state index contributed by atoms with van der Waals surface area (Å²) in [5.41, 5.74) is 1.03. The van der Waals surface area contributed by atoms with Crippen LogP contribution in [-0.2, 0) is 0 Å². The second kappa shape index (κ2) is 6.89. The lowest BCUT2D eigenvalue weighted by molar-refractivity contribution is -0.385. The number of methoxy groups -OCH3 is 2. The van der Waals surface area contributed by atoms with E-state index in [-0.39, 0.29) is 11.4 Å². The summed E-state index contributed by atoms with van der Waals surface area (Å²) >= 11 is 3.40. The van der Waals surface area contributed by atoms with Gasteiger partial charge >= 0.3 is 5.69 Å². The minimum atomic E-state index is -0.505. The molecule has 8 nitrogen and oxygen atoms in total. The van der Waals surface area contributed by atoms with Crippen LogP contribution in [0.15, 0.2) is 41.1 Å². The molecule has 1 N–H and O–H groups in total. The molecule has 0 saturated carbocycles. The Balaban J connectivity index is 2.15. The molecule has 0 aliphatic heterocycles. The molecule has 0 bridgehead atoms. The highest BCUT2D eigenvalue weighted by Crippen LogP contribution is 2.36. The number of hydrogen-bond acceptors (Lipinski definition) is 7. The Labute approximate surface area is 151 Å². The van der Waals surface area contributed by atoms with E-state index in [1.54, 1.807) is 13.2 Å². The van der Waals surface area contributed by atoms with Crippen LogP contribution in [0.2, 0.25) is 0 Å². The molecule has 0 aliphatic rings. The maximum absolute atomic E-state index is 11.3. The van der Waals surface area contributed by atoms with Gasteiger partial charge < -0.3 is 14.8 Å². The van der Waals surface area contributed by atoms with Gasteiger partial charge in [-0.15, -0.1) is 0 Å². The molecule has 0 radical (unpaired) electrons. The Morgan fingerprint density at radius 3 is 2.56 bits per heavy atom. The highest BCUT2D eigenvalue weighted by Gasteiger charge is 2.19. The second-order valence-corrected chi connectivity index (χ2v) is 5.91. The zero-order valence-corrected chi connectivity index (χ0v) is 14.9. The number of nitro groups is 1. The van der Waals surface area contributed by atoms with Gasteiger partial charge in [0.05, 0.1) is 35.7 Å². The molecule has 0 unspecified atom stereocenters. The van der Waals surface area contributed by atoms with Crippen molar-refractivity contribution in [2.24, 2.45) is 0 Å². The molecular formula is C16H13BrN4O4. The highest BCUT2D eigenvalue weighted by molar-refractivity contribution is 9.10. The summed E-state index contributed by atoms with van der Waals surface area (Å²) in [5.74, 6) is 1.17. The van der Waals surface area contributed by atoms with Crippen LogP contribution in [0.4, 0.5) is 17.2 Å². The molecule has 1 aromatic heterocycles. The normalized spacial score (nSPS) is 10.5. The monoisotopic (exact) mass is 404 g/mol. The number of benzene rings is 2. The van der Waals surface area contributed by atoms with E-state index in [2.05, 4.69) is 31.2 Å². The summed E-state index contributed by atoms with van der Waals surface area (Å²) in [6.45, 7) is 0. The predicted molar refractivity (Wildman–Crippen MR) is 96.7 cm³/mol. The van der Waals surface area contributed by atoms with Gasteiger partial charge in [-0.1, -0.05) is 15.9 Å². The van der Waals surface area contributed by atoms with E-state index in [1.165, 1.54) is 25.6 Å². The van der Waals surface area contributed by atoms with Crippen molar-refractivity contribution in [1.82, 2.24) is 9.97 Å². The van der Waals surface area contributed by atoms with Gasteiger partial charge in [0.1, 0.15) is 17.9 Å². The van der Waals surface area contributed by atoms with Gasteiger partial charge in [-0.3, -0.25) is 10.1 Å². The first-order chi connectivity index (χ1) is 12.0. The number of anilines is 2. The van der Waals surface area contributed by atoms with Crippen LogP contribution in [0, 0.1) is 10.1 Å². The summed E-state index contributed by atoms with van der Waals surface area (Å²) in [5, 5.41) is 14.9. The zero-order valence-electron chi connectivity index (χ0n) is 13.3. The fourth-order valence-electron chi connectivity index (χ4n) is 2.38. The first-order valence-corrected chi connectivity index (χ1v) is 7.90. The first kappa shape index (κ1) is 16.9. The minimum Gasteiger partial charge on any atom is -0.495 e. The fraction of sp³-hybridized carbons (Fsp3) is 0.125. The van der Waals surface area contributed by atoms with E-state index >= 15 is 0 Å². The van der Waals surface area contributed by atoms with Crippen molar-refractivity contribution in [3.63, 3.8) is 0 Å². The van der Waals surface area contributed by atoms with E-state index in [0.717, 1.165) is 4.47 Å². The number of nitrogens with zero attached hydrogens (tertiary/aromatic N) is 3. The van der Waals surface area contributed by atoms with E-state index in [0.29, 0.717) is 28.2 Å². The predicted octanol–water partition coefficient (Wildman–Crippen LogP) is 4.06. The lowest BCUT2D eigenvalue weighted by Gasteiger charge is -2.13. The van der Waals surface area contributed by atoms with Crippen LogP contribution in [0.1, 0.15) is 0 Å². The highest BCUT2D eigenvalue weighted by atomic mass is 79.9. The van der Waals surface area contributed by atoms with Crippen molar-refractivity contribution >= 4 is 44.0 Å². The lowest BCUT2D eigenvalue weighted by atomic mass is 10.2. The van der Waals surface area contributed by atoms with Crippen LogP contribution < -0.4 is 14.8 Å². The van der Waals surface area contributed by atoms with Crippen LogP contribution in [-0.4, -0.2) is 29.1 Å². The molecule has 2 aromatic carbocycles. The number of ether oxygens (including phenoxy) is 2. The summed E-state index contributed by atoms with van der Waals surface area (Å²) in [6, 6.07) is 8.36. The molecule has 0 atom stereocenters. The van der Waals surface area contributed by atoms with E-state index < -0.39 is 4.92 Å². The second-order valence-electron chi connectivity index (χ2n) is 4.99. The molecule has 0 amide bonds. The molecule has 128 valence electrons. The Morgan fingerprint density at radius 1 is 1.12 bits per heavy atom. The molecule has 9 heteroatoms. The molecule has 0 saturated heterocycles. The molecule has 0 aliphatic carbocycles. The smallest absolute Gasteiger partial charge is 0.311 e. The van der Waals surface area contributed by atoms with Crippen molar-refractivity contribution in [2.75, 3.05) is 19.5 Å². The Kier molecular flexibility index (Phi) is 4.66. The molecule has 0 fully saturated rings. The third kappa shape index (κ3) is 3.31. The SMILES string of the molecule is COc1ccc(Br)cc1Nc1ncnc2cc(OC)c([N+](=O)[O-])cc12. The van der Waals surface area contributed by atoms with Crippen molar-refractivity contribution < 1.29 is 14.4 Å². The number of aromatic nitrogens is 2. The fourth-order valence-corrected chi connectivity index (χ4v) is 2.74. The third-order valence-corrected chi connectivity index (χ3v) is 4.04. The van der Waals surface area contributed by atoms with Gasteiger partial charge in [0, 0.05) is 16.6 Å².